The Labute approximate surface area is 89.2 Å². The fourth-order valence-electron chi connectivity index (χ4n) is 1.27. The predicted octanol–water partition coefficient (Wildman–Crippen LogP) is 1.40. The van der Waals surface area contributed by atoms with Gasteiger partial charge in [-0.3, -0.25) is 0 Å². The molecule has 0 atom stereocenters. The van der Waals surface area contributed by atoms with E-state index in [1.165, 1.54) is 16.0 Å². The summed E-state index contributed by atoms with van der Waals surface area (Å²) in [6, 6.07) is 3.76. The van der Waals surface area contributed by atoms with Crippen molar-refractivity contribution in [3.63, 3.8) is 0 Å². The van der Waals surface area contributed by atoms with E-state index in [-0.39, 0.29) is 11.4 Å². The van der Waals surface area contributed by atoms with Gasteiger partial charge in [0.05, 0.1) is 12.7 Å². The Balaban J connectivity index is 2.33. The van der Waals surface area contributed by atoms with Gasteiger partial charge in [0, 0.05) is 4.88 Å². The highest BCUT2D eigenvalue weighted by Gasteiger charge is 2.17. The summed E-state index contributed by atoms with van der Waals surface area (Å²) in [6.07, 6.45) is 1.14. The number of aromatic hydroxyl groups is 1. The molecular formula is C9H8N2O3S. The first-order valence-corrected chi connectivity index (χ1v) is 5.07. The topological polar surface area (TPSA) is 75.3 Å². The quantitative estimate of drug-likeness (QED) is 0.826. The second-order valence-electron chi connectivity index (χ2n) is 2.92. The SMILES string of the molecule is O=C(O)c1c(O)cnn1Cc1cccs1. The summed E-state index contributed by atoms with van der Waals surface area (Å²) in [7, 11) is 0. The van der Waals surface area contributed by atoms with E-state index in [0.29, 0.717) is 6.54 Å². The van der Waals surface area contributed by atoms with Crippen molar-refractivity contribution in [3.8, 4) is 5.75 Å². The molecule has 0 aliphatic heterocycles. The second-order valence-corrected chi connectivity index (χ2v) is 3.95. The number of hydrogen-bond acceptors (Lipinski definition) is 4. The van der Waals surface area contributed by atoms with Crippen molar-refractivity contribution in [1.29, 1.82) is 0 Å². The number of aromatic nitrogens is 2. The molecule has 2 aromatic rings. The molecule has 0 radical (unpaired) electrons. The molecule has 0 bridgehead atoms. The van der Waals surface area contributed by atoms with Crippen LogP contribution in [-0.4, -0.2) is 26.0 Å². The minimum absolute atomic E-state index is 0.177. The molecule has 0 fully saturated rings. The third kappa shape index (κ3) is 1.84. The Bertz CT molecular complexity index is 476. The summed E-state index contributed by atoms with van der Waals surface area (Å²) in [5, 5.41) is 23.8. The molecular weight excluding hydrogens is 216 g/mol. The van der Waals surface area contributed by atoms with Crippen LogP contribution in [0.4, 0.5) is 0 Å². The number of nitrogens with zero attached hydrogens (tertiary/aromatic N) is 2. The van der Waals surface area contributed by atoms with Crippen LogP contribution in [0.15, 0.2) is 23.7 Å². The summed E-state index contributed by atoms with van der Waals surface area (Å²) >= 11 is 1.51. The Morgan fingerprint density at radius 1 is 1.60 bits per heavy atom. The lowest BCUT2D eigenvalue weighted by molar-refractivity contribution is 0.0680. The van der Waals surface area contributed by atoms with Crippen LogP contribution >= 0.6 is 11.3 Å². The van der Waals surface area contributed by atoms with Gasteiger partial charge in [-0.05, 0) is 11.4 Å². The third-order valence-corrected chi connectivity index (χ3v) is 2.77. The molecule has 2 N–H and O–H groups in total. The van der Waals surface area contributed by atoms with Crippen molar-refractivity contribution in [2.24, 2.45) is 0 Å². The zero-order valence-corrected chi connectivity index (χ0v) is 8.44. The van der Waals surface area contributed by atoms with Crippen molar-refractivity contribution in [3.05, 3.63) is 34.3 Å². The van der Waals surface area contributed by atoms with E-state index < -0.39 is 5.97 Å². The number of aromatic carboxylic acids is 1. The van der Waals surface area contributed by atoms with Crippen LogP contribution < -0.4 is 0 Å². The van der Waals surface area contributed by atoms with E-state index in [9.17, 15) is 9.90 Å². The van der Waals surface area contributed by atoms with Crippen LogP contribution in [0.25, 0.3) is 0 Å². The number of carboxylic acids is 1. The van der Waals surface area contributed by atoms with Crippen molar-refractivity contribution in [2.75, 3.05) is 0 Å². The molecule has 6 heteroatoms. The average molecular weight is 224 g/mol. The molecule has 2 rings (SSSR count). The molecule has 0 saturated heterocycles. The molecule has 2 heterocycles. The molecule has 0 saturated carbocycles. The van der Waals surface area contributed by atoms with Gasteiger partial charge in [-0.25, -0.2) is 9.48 Å². The Morgan fingerprint density at radius 3 is 3.00 bits per heavy atom. The van der Waals surface area contributed by atoms with Crippen LogP contribution in [-0.2, 0) is 6.54 Å². The Morgan fingerprint density at radius 2 is 2.40 bits per heavy atom. The number of rotatable bonds is 3. The average Bonchev–Trinajstić information content (AvgIpc) is 2.76. The Hall–Kier alpha value is -1.82. The van der Waals surface area contributed by atoms with Gasteiger partial charge in [0.25, 0.3) is 0 Å². The van der Waals surface area contributed by atoms with Gasteiger partial charge in [-0.15, -0.1) is 11.3 Å². The molecule has 78 valence electrons. The lowest BCUT2D eigenvalue weighted by Crippen LogP contribution is -2.10. The monoisotopic (exact) mass is 224 g/mol. The third-order valence-electron chi connectivity index (χ3n) is 1.91. The van der Waals surface area contributed by atoms with Gasteiger partial charge in [0.15, 0.2) is 11.4 Å². The largest absolute Gasteiger partial charge is 0.504 e. The van der Waals surface area contributed by atoms with Gasteiger partial charge < -0.3 is 10.2 Å². The minimum atomic E-state index is -1.18. The molecule has 0 aliphatic rings. The van der Waals surface area contributed by atoms with E-state index in [2.05, 4.69) is 5.10 Å². The summed E-state index contributed by atoms with van der Waals surface area (Å²) in [5.41, 5.74) is -0.177. The van der Waals surface area contributed by atoms with Crippen LogP contribution in [0.3, 0.4) is 0 Å². The first-order chi connectivity index (χ1) is 7.18. The van der Waals surface area contributed by atoms with Crippen LogP contribution in [0, 0.1) is 0 Å². The molecule has 0 aromatic carbocycles. The molecule has 0 aliphatic carbocycles. The normalized spacial score (nSPS) is 10.4. The highest BCUT2D eigenvalue weighted by atomic mass is 32.1. The maximum Gasteiger partial charge on any atom is 0.358 e. The first kappa shape index (κ1) is 9.72. The number of thiophene rings is 1. The van der Waals surface area contributed by atoms with Crippen molar-refractivity contribution < 1.29 is 15.0 Å². The van der Waals surface area contributed by atoms with Gasteiger partial charge >= 0.3 is 5.97 Å². The number of carboxylic acid groups (broad SMARTS) is 1. The lowest BCUT2D eigenvalue weighted by Gasteiger charge is -2.01. The van der Waals surface area contributed by atoms with Crippen molar-refractivity contribution >= 4 is 17.3 Å². The van der Waals surface area contributed by atoms with E-state index in [1.807, 2.05) is 17.5 Å². The van der Waals surface area contributed by atoms with E-state index in [0.717, 1.165) is 11.1 Å². The molecule has 0 spiro atoms. The summed E-state index contributed by atoms with van der Waals surface area (Å²) < 4.78 is 1.27. The molecule has 2 aromatic heterocycles. The number of hydrogen-bond donors (Lipinski definition) is 2. The summed E-state index contributed by atoms with van der Waals surface area (Å²) in [5.74, 6) is -1.49. The van der Waals surface area contributed by atoms with Crippen LogP contribution in [0.2, 0.25) is 0 Å². The zero-order chi connectivity index (χ0) is 10.8. The molecule has 5 nitrogen and oxygen atoms in total. The van der Waals surface area contributed by atoms with Gasteiger partial charge in [0.2, 0.25) is 0 Å². The molecule has 15 heavy (non-hydrogen) atoms. The maximum atomic E-state index is 10.8. The van der Waals surface area contributed by atoms with E-state index in [4.69, 9.17) is 5.11 Å². The van der Waals surface area contributed by atoms with Crippen LogP contribution in [0.5, 0.6) is 5.75 Å². The Kier molecular flexibility index (Phi) is 2.42. The predicted molar refractivity (Wildman–Crippen MR) is 54.3 cm³/mol. The van der Waals surface area contributed by atoms with Crippen molar-refractivity contribution in [1.82, 2.24) is 9.78 Å². The summed E-state index contributed by atoms with van der Waals surface area (Å²) in [6.45, 7) is 0.361. The summed E-state index contributed by atoms with van der Waals surface area (Å²) in [4.78, 5) is 11.8. The fraction of sp³-hybridized carbons (Fsp3) is 0.111. The zero-order valence-electron chi connectivity index (χ0n) is 7.62. The second kappa shape index (κ2) is 3.74. The fourth-order valence-corrected chi connectivity index (χ4v) is 1.95. The maximum absolute atomic E-state index is 10.8. The molecule has 0 unspecified atom stereocenters. The molecule has 0 amide bonds. The highest BCUT2D eigenvalue weighted by molar-refractivity contribution is 7.09. The number of carbonyl (C=O) groups is 1. The van der Waals surface area contributed by atoms with Crippen molar-refractivity contribution in [2.45, 2.75) is 6.54 Å². The van der Waals surface area contributed by atoms with Gasteiger partial charge in [-0.1, -0.05) is 6.07 Å². The van der Waals surface area contributed by atoms with Gasteiger partial charge in [-0.2, -0.15) is 5.10 Å². The smallest absolute Gasteiger partial charge is 0.358 e. The highest BCUT2D eigenvalue weighted by Crippen LogP contribution is 2.18. The lowest BCUT2D eigenvalue weighted by atomic mass is 10.4. The van der Waals surface area contributed by atoms with Crippen LogP contribution in [0.1, 0.15) is 15.4 Å². The minimum Gasteiger partial charge on any atom is -0.504 e. The standard InChI is InChI=1S/C9H8N2O3S/c12-7-4-10-11(8(7)9(13)14)5-6-2-1-3-15-6/h1-4,12H,5H2,(H,13,14). The van der Waals surface area contributed by atoms with E-state index in [1.54, 1.807) is 0 Å². The van der Waals surface area contributed by atoms with Gasteiger partial charge in [0.1, 0.15) is 0 Å². The first-order valence-electron chi connectivity index (χ1n) is 4.19. The van der Waals surface area contributed by atoms with E-state index >= 15 is 0 Å².